The number of nitrogens with one attached hydrogen (secondary N) is 1. The maximum absolute atomic E-state index is 11.7. The lowest BCUT2D eigenvalue weighted by atomic mass is 10.1. The van der Waals surface area contributed by atoms with Crippen LogP contribution >= 0.6 is 11.3 Å². The van der Waals surface area contributed by atoms with Crippen LogP contribution in [0.15, 0.2) is 23.3 Å². The number of rotatable bonds is 0. The van der Waals surface area contributed by atoms with Gasteiger partial charge < -0.3 is 4.98 Å². The van der Waals surface area contributed by atoms with E-state index in [1.54, 1.807) is 12.4 Å². The number of nitriles is 1. The maximum Gasteiger partial charge on any atom is 0.267 e. The zero-order valence-electron chi connectivity index (χ0n) is 8.94. The number of H-pyrrole nitrogens is 1. The first-order valence-corrected chi connectivity index (χ1v) is 5.83. The molecule has 0 fully saturated rings. The van der Waals surface area contributed by atoms with Crippen LogP contribution in [0.2, 0.25) is 0 Å². The second-order valence-corrected chi connectivity index (χ2v) is 4.80. The van der Waals surface area contributed by atoms with Gasteiger partial charge in [0, 0.05) is 23.2 Å². The van der Waals surface area contributed by atoms with Crippen molar-refractivity contribution in [1.29, 1.82) is 5.26 Å². The molecule has 3 rings (SSSR count). The third-order valence-corrected chi connectivity index (χ3v) is 3.86. The highest BCUT2D eigenvalue weighted by molar-refractivity contribution is 7.25. The molecule has 1 N–H and O–H groups in total. The molecule has 0 radical (unpaired) electrons. The van der Waals surface area contributed by atoms with Crippen LogP contribution in [-0.4, -0.2) is 9.97 Å². The molecule has 0 unspecified atom stereocenters. The van der Waals surface area contributed by atoms with Crippen LogP contribution in [0.3, 0.4) is 0 Å². The van der Waals surface area contributed by atoms with Crippen molar-refractivity contribution in [2.45, 2.75) is 6.92 Å². The van der Waals surface area contributed by atoms with Gasteiger partial charge >= 0.3 is 0 Å². The van der Waals surface area contributed by atoms with Gasteiger partial charge in [-0.15, -0.1) is 11.3 Å². The quantitative estimate of drug-likeness (QED) is 0.656. The van der Waals surface area contributed by atoms with Gasteiger partial charge in [-0.1, -0.05) is 0 Å². The molecule has 3 aromatic heterocycles. The number of hydrogen-bond donors (Lipinski definition) is 1. The third kappa shape index (κ3) is 1.28. The minimum absolute atomic E-state index is 0.189. The Kier molecular flexibility index (Phi) is 2.00. The highest BCUT2D eigenvalue weighted by Crippen LogP contribution is 2.33. The average Bonchev–Trinajstić information content (AvgIpc) is 2.67. The topological polar surface area (TPSA) is 69.5 Å². The van der Waals surface area contributed by atoms with Crippen molar-refractivity contribution in [3.05, 3.63) is 39.9 Å². The number of aromatic nitrogens is 2. The molecule has 5 heteroatoms. The lowest BCUT2D eigenvalue weighted by molar-refractivity contribution is 1.26. The number of thiophene rings is 1. The van der Waals surface area contributed by atoms with E-state index in [0.717, 1.165) is 25.9 Å². The average molecular weight is 241 g/mol. The summed E-state index contributed by atoms with van der Waals surface area (Å²) in [5.41, 5.74) is 0.606. The van der Waals surface area contributed by atoms with Crippen molar-refractivity contribution in [2.75, 3.05) is 0 Å². The number of pyridine rings is 2. The van der Waals surface area contributed by atoms with Gasteiger partial charge in [-0.3, -0.25) is 9.78 Å². The Morgan fingerprint density at radius 3 is 3.12 bits per heavy atom. The number of fused-ring (bicyclic) bond motifs is 3. The normalized spacial score (nSPS) is 10.8. The van der Waals surface area contributed by atoms with Gasteiger partial charge in [-0.05, 0) is 18.6 Å². The molecular weight excluding hydrogens is 234 g/mol. The lowest BCUT2D eigenvalue weighted by Gasteiger charge is -1.98. The molecule has 0 saturated heterocycles. The molecule has 0 aromatic carbocycles. The highest BCUT2D eigenvalue weighted by atomic mass is 32.1. The number of aryl methyl sites for hydroxylation is 1. The number of nitrogens with zero attached hydrogens (tertiary/aromatic N) is 2. The first-order valence-electron chi connectivity index (χ1n) is 5.01. The van der Waals surface area contributed by atoms with Gasteiger partial charge in [-0.25, -0.2) is 0 Å². The predicted octanol–water partition coefficient (Wildman–Crippen LogP) is 2.32. The van der Waals surface area contributed by atoms with E-state index in [-0.39, 0.29) is 11.1 Å². The maximum atomic E-state index is 11.7. The fourth-order valence-electron chi connectivity index (χ4n) is 2.01. The zero-order chi connectivity index (χ0) is 12.0. The van der Waals surface area contributed by atoms with Crippen LogP contribution in [0.5, 0.6) is 0 Å². The van der Waals surface area contributed by atoms with Crippen molar-refractivity contribution < 1.29 is 0 Å². The summed E-state index contributed by atoms with van der Waals surface area (Å²) in [6.07, 6.45) is 3.48. The van der Waals surface area contributed by atoms with Gasteiger partial charge in [0.05, 0.1) is 4.70 Å². The third-order valence-electron chi connectivity index (χ3n) is 2.81. The van der Waals surface area contributed by atoms with E-state index < -0.39 is 0 Å². The Labute approximate surface area is 100 Å². The Morgan fingerprint density at radius 2 is 2.35 bits per heavy atom. The lowest BCUT2D eigenvalue weighted by Crippen LogP contribution is -2.11. The van der Waals surface area contributed by atoms with E-state index in [0.29, 0.717) is 0 Å². The van der Waals surface area contributed by atoms with E-state index >= 15 is 0 Å². The standard InChI is InChI=1S/C12H7N3OS/c1-6-8(4-13)11(16)15-12-10(6)7-2-3-14-5-9(7)17-12/h2-3,5H,1H3,(H,15,16). The van der Waals surface area contributed by atoms with Crippen LogP contribution < -0.4 is 5.56 Å². The Balaban J connectivity index is 2.66. The van der Waals surface area contributed by atoms with E-state index in [4.69, 9.17) is 5.26 Å². The van der Waals surface area contributed by atoms with Crippen molar-refractivity contribution in [2.24, 2.45) is 0 Å². The highest BCUT2D eigenvalue weighted by Gasteiger charge is 2.13. The molecule has 0 saturated carbocycles. The van der Waals surface area contributed by atoms with E-state index in [1.807, 2.05) is 19.1 Å². The summed E-state index contributed by atoms with van der Waals surface area (Å²) < 4.78 is 1.01. The van der Waals surface area contributed by atoms with Gasteiger partial charge in [0.1, 0.15) is 16.5 Å². The molecule has 17 heavy (non-hydrogen) atoms. The van der Waals surface area contributed by atoms with Gasteiger partial charge in [-0.2, -0.15) is 5.26 Å². The molecule has 0 aliphatic rings. The molecule has 0 amide bonds. The molecule has 3 aromatic rings. The first-order chi connectivity index (χ1) is 8.22. The predicted molar refractivity (Wildman–Crippen MR) is 67.2 cm³/mol. The minimum atomic E-state index is -0.322. The Bertz CT molecular complexity index is 838. The van der Waals surface area contributed by atoms with E-state index in [1.165, 1.54) is 11.3 Å². The zero-order valence-corrected chi connectivity index (χ0v) is 9.76. The SMILES string of the molecule is Cc1c(C#N)c(=O)[nH]c2sc3cnccc3c12. The van der Waals surface area contributed by atoms with Crippen molar-refractivity contribution in [3.63, 3.8) is 0 Å². The molecule has 0 bridgehead atoms. The summed E-state index contributed by atoms with van der Waals surface area (Å²) in [6, 6.07) is 3.86. The smallest absolute Gasteiger partial charge is 0.267 e. The van der Waals surface area contributed by atoms with Crippen LogP contribution in [0.1, 0.15) is 11.1 Å². The Hall–Kier alpha value is -2.19. The van der Waals surface area contributed by atoms with Crippen molar-refractivity contribution >= 4 is 31.6 Å². The van der Waals surface area contributed by atoms with Crippen molar-refractivity contribution in [3.8, 4) is 6.07 Å². The van der Waals surface area contributed by atoms with E-state index in [9.17, 15) is 4.79 Å². The molecule has 0 aliphatic heterocycles. The molecule has 0 spiro atoms. The molecule has 82 valence electrons. The van der Waals surface area contributed by atoms with Crippen LogP contribution in [0, 0.1) is 18.3 Å². The van der Waals surface area contributed by atoms with Gasteiger partial charge in [0.25, 0.3) is 5.56 Å². The summed E-state index contributed by atoms with van der Waals surface area (Å²) in [6.45, 7) is 1.81. The first kappa shape index (κ1) is 10.00. The molecule has 0 atom stereocenters. The van der Waals surface area contributed by atoms with Crippen LogP contribution in [0.25, 0.3) is 20.3 Å². The Morgan fingerprint density at radius 1 is 1.53 bits per heavy atom. The second-order valence-electron chi connectivity index (χ2n) is 3.74. The summed E-state index contributed by atoms with van der Waals surface area (Å²) in [4.78, 5) is 19.3. The van der Waals surface area contributed by atoms with Gasteiger partial charge in [0.15, 0.2) is 0 Å². The summed E-state index contributed by atoms with van der Waals surface area (Å²) in [5.74, 6) is 0. The summed E-state index contributed by atoms with van der Waals surface area (Å²) in [7, 11) is 0. The molecule has 3 heterocycles. The summed E-state index contributed by atoms with van der Waals surface area (Å²) >= 11 is 1.48. The summed E-state index contributed by atoms with van der Waals surface area (Å²) in [5, 5.41) is 11.0. The fraction of sp³-hybridized carbons (Fsp3) is 0.0833. The minimum Gasteiger partial charge on any atom is -0.312 e. The van der Waals surface area contributed by atoms with Crippen LogP contribution in [-0.2, 0) is 0 Å². The van der Waals surface area contributed by atoms with Gasteiger partial charge in [0.2, 0.25) is 0 Å². The van der Waals surface area contributed by atoms with E-state index in [2.05, 4.69) is 9.97 Å². The largest absolute Gasteiger partial charge is 0.312 e. The van der Waals surface area contributed by atoms with Crippen LogP contribution in [0.4, 0.5) is 0 Å². The molecule has 0 aliphatic carbocycles. The molecule has 4 nitrogen and oxygen atoms in total. The number of aromatic amines is 1. The monoisotopic (exact) mass is 241 g/mol. The number of hydrogen-bond acceptors (Lipinski definition) is 4. The van der Waals surface area contributed by atoms with Crippen molar-refractivity contribution in [1.82, 2.24) is 9.97 Å². The fourth-order valence-corrected chi connectivity index (χ4v) is 3.13. The second kappa shape index (κ2) is 3.40. The molecular formula is C12H7N3OS.